The highest BCUT2D eigenvalue weighted by molar-refractivity contribution is 6.13. The number of esters is 5. The topological polar surface area (TPSA) is 169 Å². The number of rotatable bonds is 15. The van der Waals surface area contributed by atoms with E-state index in [9.17, 15) is 33.9 Å². The van der Waals surface area contributed by atoms with Crippen molar-refractivity contribution in [3.05, 3.63) is 112 Å². The van der Waals surface area contributed by atoms with Crippen molar-refractivity contribution >= 4 is 78.9 Å². The minimum atomic E-state index is -1.33. The third kappa shape index (κ3) is 8.91. The van der Waals surface area contributed by atoms with Gasteiger partial charge in [0.1, 0.15) is 5.56 Å². The van der Waals surface area contributed by atoms with Gasteiger partial charge in [-0.25, -0.2) is 9.59 Å². The number of benzene rings is 6. The number of hydrogen-bond acceptors (Lipinski definition) is 11. The number of carbonyl (C=O) groups is 6. The van der Waals surface area contributed by atoms with Crippen molar-refractivity contribution in [3.63, 3.8) is 0 Å². The Morgan fingerprint density at radius 1 is 0.466 bits per heavy atom. The van der Waals surface area contributed by atoms with E-state index in [4.69, 9.17) is 23.7 Å². The molecule has 6 rings (SSSR count). The molecule has 0 radical (unpaired) electrons. The van der Waals surface area contributed by atoms with Crippen LogP contribution < -0.4 is 4.74 Å². The molecule has 0 saturated carbocycles. The number of carboxylic acid groups (broad SMARTS) is 1. The van der Waals surface area contributed by atoms with Gasteiger partial charge in [0.05, 0.1) is 32.0 Å². The molecule has 0 aliphatic heterocycles. The summed E-state index contributed by atoms with van der Waals surface area (Å²) < 4.78 is 27.5. The zero-order valence-corrected chi connectivity index (χ0v) is 32.6. The molecule has 0 amide bonds. The number of aromatic carboxylic acids is 1. The average Bonchev–Trinajstić information content (AvgIpc) is 3.18. The highest BCUT2D eigenvalue weighted by Gasteiger charge is 2.26. The molecule has 0 aromatic heterocycles. The number of carbonyl (C=O) groups excluding carboxylic acids is 5. The second kappa shape index (κ2) is 18.0. The average molecular weight is 787 g/mol. The van der Waals surface area contributed by atoms with Crippen LogP contribution in [0.4, 0.5) is 0 Å². The van der Waals surface area contributed by atoms with Crippen LogP contribution in [0.3, 0.4) is 0 Å². The fourth-order valence-corrected chi connectivity index (χ4v) is 7.59. The summed E-state index contributed by atoms with van der Waals surface area (Å²) in [7, 11) is 0. The third-order valence-electron chi connectivity index (χ3n) is 9.90. The lowest BCUT2D eigenvalue weighted by atomic mass is 9.87. The van der Waals surface area contributed by atoms with E-state index in [1.807, 2.05) is 48.5 Å². The monoisotopic (exact) mass is 786 g/mol. The molecule has 1 N–H and O–H groups in total. The van der Waals surface area contributed by atoms with E-state index < -0.39 is 35.8 Å². The van der Waals surface area contributed by atoms with Crippen LogP contribution >= 0.6 is 0 Å². The molecule has 0 heterocycles. The zero-order valence-electron chi connectivity index (χ0n) is 32.6. The van der Waals surface area contributed by atoms with Crippen molar-refractivity contribution < 1.29 is 57.6 Å². The molecule has 0 spiro atoms. The van der Waals surface area contributed by atoms with Gasteiger partial charge in [0.2, 0.25) is 0 Å². The van der Waals surface area contributed by atoms with Crippen LogP contribution in [0.25, 0.3) is 43.1 Å². The maximum Gasteiger partial charge on any atom is 0.343 e. The predicted molar refractivity (Wildman–Crippen MR) is 216 cm³/mol. The van der Waals surface area contributed by atoms with Crippen LogP contribution in [0.5, 0.6) is 5.75 Å². The summed E-state index contributed by atoms with van der Waals surface area (Å²) in [5, 5.41) is 16.2. The van der Waals surface area contributed by atoms with Gasteiger partial charge in [0.15, 0.2) is 5.75 Å². The van der Waals surface area contributed by atoms with Crippen LogP contribution in [-0.2, 0) is 63.8 Å². The Hall–Kier alpha value is -6.82. The number of fused-ring (bicyclic) bond motifs is 4. The summed E-state index contributed by atoms with van der Waals surface area (Å²) in [6.07, 6.45) is 1.14. The second-order valence-electron chi connectivity index (χ2n) is 13.7. The van der Waals surface area contributed by atoms with Crippen molar-refractivity contribution in [2.24, 2.45) is 0 Å². The molecule has 0 bridgehead atoms. The Bertz CT molecular complexity index is 2620. The summed E-state index contributed by atoms with van der Waals surface area (Å²) in [5.74, 6) is -4.15. The van der Waals surface area contributed by atoms with Crippen LogP contribution in [0, 0.1) is 0 Å². The van der Waals surface area contributed by atoms with Crippen LogP contribution in [0.2, 0.25) is 0 Å². The van der Waals surface area contributed by atoms with Gasteiger partial charge in [-0.05, 0) is 78.2 Å². The SMILES string of the molecule is CC(=O)OCCc1c2ccccc2c(CCOC(C)=O)c2cc(C(=O)Oc3c(C(=O)O)ccc4c(CCOC(C)=O)c5ccccc5c(CCOC(C)=O)c34)ccc12. The quantitative estimate of drug-likeness (QED) is 0.0468. The van der Waals surface area contributed by atoms with Gasteiger partial charge in [-0.1, -0.05) is 60.7 Å². The maximum atomic E-state index is 14.4. The largest absolute Gasteiger partial charge is 0.478 e. The minimum Gasteiger partial charge on any atom is -0.478 e. The molecule has 298 valence electrons. The summed E-state index contributed by atoms with van der Waals surface area (Å²) in [4.78, 5) is 74.3. The Kier molecular flexibility index (Phi) is 12.7. The molecule has 12 heteroatoms. The van der Waals surface area contributed by atoms with Crippen LogP contribution in [-0.4, -0.2) is 67.3 Å². The molecule has 0 atom stereocenters. The van der Waals surface area contributed by atoms with E-state index in [-0.39, 0.29) is 56.1 Å². The van der Waals surface area contributed by atoms with Crippen LogP contribution in [0.15, 0.2) is 78.9 Å². The highest BCUT2D eigenvalue weighted by atomic mass is 16.5. The van der Waals surface area contributed by atoms with Crippen molar-refractivity contribution in [3.8, 4) is 5.75 Å². The Morgan fingerprint density at radius 2 is 0.845 bits per heavy atom. The number of carboxylic acids is 1. The second-order valence-corrected chi connectivity index (χ2v) is 13.7. The lowest BCUT2D eigenvalue weighted by Gasteiger charge is -2.21. The van der Waals surface area contributed by atoms with Gasteiger partial charge < -0.3 is 28.8 Å². The highest BCUT2D eigenvalue weighted by Crippen LogP contribution is 2.42. The van der Waals surface area contributed by atoms with Crippen molar-refractivity contribution in [2.45, 2.75) is 53.4 Å². The zero-order chi connectivity index (χ0) is 41.5. The summed E-state index contributed by atoms with van der Waals surface area (Å²) in [6.45, 7) is 5.50. The standard InChI is InChI=1S/C46H42O12/c1-26(47)54-21-17-36-31-9-5-6-10-32(31)38(19-23-56-28(3)49)42-25-30(13-14-35(36)42)46(53)58-44-41(45(51)52)16-15-39-37(18-22-55-27(2)48)33-11-7-8-12-34(33)40(43(39)44)20-24-57-29(4)50/h5-16,25H,17-24H2,1-4H3,(H,51,52). The maximum absolute atomic E-state index is 14.4. The number of hydrogen-bond donors (Lipinski definition) is 1. The molecule has 0 saturated heterocycles. The van der Waals surface area contributed by atoms with Gasteiger partial charge in [0.25, 0.3) is 0 Å². The molecule has 0 aliphatic rings. The molecular weight excluding hydrogens is 744 g/mol. The fraction of sp³-hybridized carbons (Fsp3) is 0.261. The Balaban J connectivity index is 1.55. The summed E-state index contributed by atoms with van der Waals surface area (Å²) >= 11 is 0. The smallest absolute Gasteiger partial charge is 0.343 e. The Morgan fingerprint density at radius 3 is 1.29 bits per heavy atom. The molecule has 12 nitrogen and oxygen atoms in total. The third-order valence-corrected chi connectivity index (χ3v) is 9.90. The summed E-state index contributed by atoms with van der Waals surface area (Å²) in [6, 6.07) is 23.2. The molecule has 6 aromatic rings. The van der Waals surface area contributed by atoms with E-state index >= 15 is 0 Å². The van der Waals surface area contributed by atoms with Gasteiger partial charge in [0, 0.05) is 58.8 Å². The lowest BCUT2D eigenvalue weighted by molar-refractivity contribution is -0.141. The van der Waals surface area contributed by atoms with E-state index in [0.29, 0.717) is 34.6 Å². The molecular formula is C46H42O12. The van der Waals surface area contributed by atoms with E-state index in [1.54, 1.807) is 24.3 Å². The first kappa shape index (κ1) is 40.8. The van der Waals surface area contributed by atoms with Gasteiger partial charge in [-0.15, -0.1) is 0 Å². The van der Waals surface area contributed by atoms with E-state index in [2.05, 4.69) is 0 Å². The molecule has 58 heavy (non-hydrogen) atoms. The van der Waals surface area contributed by atoms with E-state index in [0.717, 1.165) is 43.6 Å². The predicted octanol–water partition coefficient (Wildman–Crippen LogP) is 7.64. The van der Waals surface area contributed by atoms with Crippen LogP contribution in [0.1, 0.15) is 70.7 Å². The lowest BCUT2D eigenvalue weighted by Crippen LogP contribution is -2.14. The molecule has 0 aliphatic carbocycles. The van der Waals surface area contributed by atoms with E-state index in [1.165, 1.54) is 33.8 Å². The van der Waals surface area contributed by atoms with Gasteiger partial charge in [-0.3, -0.25) is 19.2 Å². The van der Waals surface area contributed by atoms with Crippen molar-refractivity contribution in [2.75, 3.05) is 26.4 Å². The number of ether oxygens (including phenoxy) is 5. The molecule has 0 unspecified atom stereocenters. The minimum absolute atomic E-state index is 0.0273. The normalized spacial score (nSPS) is 11.1. The van der Waals surface area contributed by atoms with Crippen molar-refractivity contribution in [1.82, 2.24) is 0 Å². The van der Waals surface area contributed by atoms with Gasteiger partial charge >= 0.3 is 35.8 Å². The summed E-state index contributed by atoms with van der Waals surface area (Å²) in [5.41, 5.74) is 2.89. The van der Waals surface area contributed by atoms with Gasteiger partial charge in [-0.2, -0.15) is 0 Å². The fourth-order valence-electron chi connectivity index (χ4n) is 7.59. The first-order valence-electron chi connectivity index (χ1n) is 18.8. The first-order valence-corrected chi connectivity index (χ1v) is 18.8. The molecule has 6 aromatic carbocycles. The first-order chi connectivity index (χ1) is 27.8. The Labute approximate surface area is 333 Å². The van der Waals surface area contributed by atoms with Crippen molar-refractivity contribution in [1.29, 1.82) is 0 Å². The molecule has 0 fully saturated rings.